The van der Waals surface area contributed by atoms with E-state index in [1.54, 1.807) is 10.7 Å². The van der Waals surface area contributed by atoms with E-state index in [4.69, 9.17) is 23.8 Å². The summed E-state index contributed by atoms with van der Waals surface area (Å²) < 4.78 is 14.8. The minimum Gasteiger partial charge on any atom is -0.357 e. The van der Waals surface area contributed by atoms with Gasteiger partial charge in [0.1, 0.15) is 5.82 Å². The lowest BCUT2D eigenvalue weighted by atomic mass is 10.3. The summed E-state index contributed by atoms with van der Waals surface area (Å²) >= 11 is 10.9. The summed E-state index contributed by atoms with van der Waals surface area (Å²) in [5.41, 5.74) is 2.60. The van der Waals surface area contributed by atoms with Crippen LogP contribution in [0.15, 0.2) is 24.3 Å². The predicted octanol–water partition coefficient (Wildman–Crippen LogP) is 3.01. The highest BCUT2D eigenvalue weighted by Gasteiger charge is 2.05. The van der Waals surface area contributed by atoms with E-state index >= 15 is 0 Å². The number of thiocarbonyl (C=S) groups is 1. The second kappa shape index (κ2) is 6.19. The van der Waals surface area contributed by atoms with Crippen molar-refractivity contribution < 1.29 is 4.39 Å². The molecule has 20 heavy (non-hydrogen) atoms. The van der Waals surface area contributed by atoms with Gasteiger partial charge >= 0.3 is 0 Å². The first kappa shape index (κ1) is 14.7. The molecule has 0 saturated carbocycles. The maximum atomic E-state index is 13.0. The van der Waals surface area contributed by atoms with Crippen molar-refractivity contribution in [3.8, 4) is 0 Å². The van der Waals surface area contributed by atoms with E-state index in [1.807, 2.05) is 20.0 Å². The van der Waals surface area contributed by atoms with E-state index in [1.165, 1.54) is 12.1 Å². The van der Waals surface area contributed by atoms with Crippen LogP contribution in [0.3, 0.4) is 0 Å². The Morgan fingerprint density at radius 3 is 2.80 bits per heavy atom. The van der Waals surface area contributed by atoms with Gasteiger partial charge in [-0.15, -0.1) is 0 Å². The number of nitrogens with zero attached hydrogens (tertiary/aromatic N) is 2. The molecule has 4 nitrogen and oxygen atoms in total. The van der Waals surface area contributed by atoms with Gasteiger partial charge in [-0.1, -0.05) is 11.6 Å². The van der Waals surface area contributed by atoms with Gasteiger partial charge in [0, 0.05) is 12.7 Å². The highest BCUT2D eigenvalue weighted by atomic mass is 35.5. The van der Waals surface area contributed by atoms with Gasteiger partial charge in [0.25, 0.3) is 0 Å². The number of aryl methyl sites for hydroxylation is 2. The molecule has 0 aliphatic heterocycles. The Labute approximate surface area is 126 Å². The summed E-state index contributed by atoms with van der Waals surface area (Å²) in [6.45, 7) is 2.48. The Balaban J connectivity index is 1.92. The monoisotopic (exact) mass is 312 g/mol. The van der Waals surface area contributed by atoms with E-state index in [0.29, 0.717) is 17.3 Å². The Bertz CT molecular complexity index is 641. The molecular weight excluding hydrogens is 299 g/mol. The number of rotatable bonds is 3. The zero-order valence-corrected chi connectivity index (χ0v) is 12.6. The van der Waals surface area contributed by atoms with Crippen LogP contribution in [0, 0.1) is 12.7 Å². The first-order chi connectivity index (χ1) is 9.45. The topological polar surface area (TPSA) is 41.9 Å². The molecule has 0 amide bonds. The van der Waals surface area contributed by atoms with Crippen molar-refractivity contribution in [2.45, 2.75) is 13.5 Å². The average Bonchev–Trinajstić information content (AvgIpc) is 2.70. The van der Waals surface area contributed by atoms with Crippen LogP contribution in [-0.2, 0) is 13.6 Å². The molecule has 0 unspecified atom stereocenters. The van der Waals surface area contributed by atoms with Crippen molar-refractivity contribution in [2.75, 3.05) is 5.32 Å². The van der Waals surface area contributed by atoms with Gasteiger partial charge in [-0.3, -0.25) is 4.68 Å². The molecule has 0 spiro atoms. The summed E-state index contributed by atoms with van der Waals surface area (Å²) in [5.74, 6) is -0.457. The lowest BCUT2D eigenvalue weighted by Gasteiger charge is -2.11. The number of aromatic nitrogens is 2. The lowest BCUT2D eigenvalue weighted by molar-refractivity contribution is 0.628. The van der Waals surface area contributed by atoms with Gasteiger partial charge in [0.15, 0.2) is 5.11 Å². The third-order valence-electron chi connectivity index (χ3n) is 2.71. The van der Waals surface area contributed by atoms with Gasteiger partial charge in [0.2, 0.25) is 0 Å². The summed E-state index contributed by atoms with van der Waals surface area (Å²) in [7, 11) is 1.88. The van der Waals surface area contributed by atoms with Gasteiger partial charge in [-0.05, 0) is 43.4 Å². The fourth-order valence-corrected chi connectivity index (χ4v) is 2.12. The summed E-state index contributed by atoms with van der Waals surface area (Å²) in [6, 6.07) is 6.32. The largest absolute Gasteiger partial charge is 0.357 e. The second-order valence-electron chi connectivity index (χ2n) is 4.34. The van der Waals surface area contributed by atoms with E-state index in [-0.39, 0.29) is 5.02 Å². The van der Waals surface area contributed by atoms with Crippen LogP contribution < -0.4 is 10.6 Å². The number of hydrogen-bond donors (Lipinski definition) is 2. The Morgan fingerprint density at radius 2 is 2.20 bits per heavy atom. The van der Waals surface area contributed by atoms with Crippen molar-refractivity contribution >= 4 is 34.6 Å². The zero-order valence-electron chi connectivity index (χ0n) is 11.1. The zero-order chi connectivity index (χ0) is 14.7. The minimum absolute atomic E-state index is 0.0556. The van der Waals surface area contributed by atoms with Crippen LogP contribution in [0.25, 0.3) is 0 Å². The summed E-state index contributed by atoms with van der Waals surface area (Å²) in [5, 5.41) is 10.7. The highest BCUT2D eigenvalue weighted by molar-refractivity contribution is 7.80. The van der Waals surface area contributed by atoms with Gasteiger partial charge in [-0.2, -0.15) is 5.10 Å². The quantitative estimate of drug-likeness (QED) is 0.855. The first-order valence-electron chi connectivity index (χ1n) is 5.95. The molecule has 0 saturated heterocycles. The van der Waals surface area contributed by atoms with Crippen molar-refractivity contribution in [2.24, 2.45) is 7.05 Å². The van der Waals surface area contributed by atoms with Crippen molar-refractivity contribution in [1.82, 2.24) is 15.1 Å². The van der Waals surface area contributed by atoms with Crippen LogP contribution in [-0.4, -0.2) is 14.9 Å². The fraction of sp³-hybridized carbons (Fsp3) is 0.231. The molecule has 2 N–H and O–H groups in total. The van der Waals surface area contributed by atoms with Crippen molar-refractivity contribution in [1.29, 1.82) is 0 Å². The number of hydrogen-bond acceptors (Lipinski definition) is 2. The average molecular weight is 313 g/mol. The molecule has 106 valence electrons. The second-order valence-corrected chi connectivity index (χ2v) is 5.15. The lowest BCUT2D eigenvalue weighted by Crippen LogP contribution is -2.28. The normalized spacial score (nSPS) is 10.4. The Kier molecular flexibility index (Phi) is 4.57. The van der Waals surface area contributed by atoms with Crippen LogP contribution in [0.5, 0.6) is 0 Å². The molecule has 2 rings (SSSR count). The van der Waals surface area contributed by atoms with E-state index < -0.39 is 5.82 Å². The molecule has 0 aliphatic carbocycles. The molecule has 7 heteroatoms. The molecule has 1 heterocycles. The Hall–Kier alpha value is -1.66. The van der Waals surface area contributed by atoms with Crippen molar-refractivity contribution in [3.05, 3.63) is 46.5 Å². The highest BCUT2D eigenvalue weighted by Crippen LogP contribution is 2.19. The standard InChI is InChI=1S/C13H14ClFN4S/c1-8-5-10(19(2)18-8)7-16-13(20)17-9-3-4-12(15)11(14)6-9/h3-6H,7H2,1-2H3,(H2,16,17,20). The smallest absolute Gasteiger partial charge is 0.171 e. The summed E-state index contributed by atoms with van der Waals surface area (Å²) in [4.78, 5) is 0. The molecule has 2 aromatic rings. The van der Waals surface area contributed by atoms with Crippen LogP contribution >= 0.6 is 23.8 Å². The van der Waals surface area contributed by atoms with Crippen LogP contribution in [0.4, 0.5) is 10.1 Å². The Morgan fingerprint density at radius 1 is 1.45 bits per heavy atom. The molecule has 0 radical (unpaired) electrons. The molecular formula is C13H14ClFN4S. The van der Waals surface area contributed by atoms with Crippen LogP contribution in [0.2, 0.25) is 5.02 Å². The minimum atomic E-state index is -0.457. The number of benzene rings is 1. The van der Waals surface area contributed by atoms with Crippen molar-refractivity contribution in [3.63, 3.8) is 0 Å². The predicted molar refractivity (Wildman–Crippen MR) is 82.4 cm³/mol. The third kappa shape index (κ3) is 3.68. The van der Waals surface area contributed by atoms with E-state index in [0.717, 1.165) is 11.4 Å². The third-order valence-corrected chi connectivity index (χ3v) is 3.24. The maximum absolute atomic E-state index is 13.0. The molecule has 0 aliphatic rings. The number of halogens is 2. The maximum Gasteiger partial charge on any atom is 0.171 e. The summed E-state index contributed by atoms with van der Waals surface area (Å²) in [6.07, 6.45) is 0. The van der Waals surface area contributed by atoms with Gasteiger partial charge in [0.05, 0.1) is 23.0 Å². The molecule has 1 aromatic heterocycles. The molecule has 0 fully saturated rings. The number of anilines is 1. The van der Waals surface area contributed by atoms with Crippen LogP contribution in [0.1, 0.15) is 11.4 Å². The SMILES string of the molecule is Cc1cc(CNC(=S)Nc2ccc(F)c(Cl)c2)n(C)n1. The van der Waals surface area contributed by atoms with Gasteiger partial charge < -0.3 is 10.6 Å². The molecule has 1 aromatic carbocycles. The number of nitrogens with one attached hydrogen (secondary N) is 2. The van der Waals surface area contributed by atoms with E-state index in [2.05, 4.69) is 15.7 Å². The van der Waals surface area contributed by atoms with Gasteiger partial charge in [-0.25, -0.2) is 4.39 Å². The molecule has 0 bridgehead atoms. The van der Waals surface area contributed by atoms with E-state index in [9.17, 15) is 4.39 Å². The fourth-order valence-electron chi connectivity index (χ4n) is 1.75. The first-order valence-corrected chi connectivity index (χ1v) is 6.74. The molecule has 0 atom stereocenters.